The molecule has 0 bridgehead atoms. The molecule has 0 amide bonds. The molecule has 7 nitrogen and oxygen atoms in total. The van der Waals surface area contributed by atoms with Crippen molar-refractivity contribution < 1.29 is 8.42 Å². The van der Waals surface area contributed by atoms with Gasteiger partial charge in [0.2, 0.25) is 0 Å². The number of H-pyrrole nitrogens is 1. The molecule has 0 atom stereocenters. The average Bonchev–Trinajstić information content (AvgIpc) is 2.87. The fourth-order valence-electron chi connectivity index (χ4n) is 1.89. The fraction of sp³-hybridized carbons (Fsp3) is 0.769. The van der Waals surface area contributed by atoms with Gasteiger partial charge in [-0.2, -0.15) is 5.10 Å². The Morgan fingerprint density at radius 3 is 2.71 bits per heavy atom. The van der Waals surface area contributed by atoms with Crippen LogP contribution in [0.4, 0.5) is 0 Å². The van der Waals surface area contributed by atoms with Gasteiger partial charge in [-0.1, -0.05) is 6.92 Å². The summed E-state index contributed by atoms with van der Waals surface area (Å²) in [6.45, 7) is 4.81. The monoisotopic (exact) mass is 317 g/mol. The molecule has 0 aliphatic heterocycles. The van der Waals surface area contributed by atoms with Gasteiger partial charge < -0.3 is 10.2 Å². The number of aromatic nitrogens is 2. The van der Waals surface area contributed by atoms with Crippen molar-refractivity contribution in [3.05, 3.63) is 11.8 Å². The lowest BCUT2D eigenvalue weighted by Crippen LogP contribution is -2.27. The maximum atomic E-state index is 12.2. The highest BCUT2D eigenvalue weighted by atomic mass is 32.2. The van der Waals surface area contributed by atoms with E-state index in [1.165, 1.54) is 0 Å². The van der Waals surface area contributed by atoms with E-state index in [0.717, 1.165) is 32.4 Å². The molecule has 0 spiro atoms. The molecule has 1 rings (SSSR count). The third-order valence-electron chi connectivity index (χ3n) is 3.01. The van der Waals surface area contributed by atoms with E-state index in [4.69, 9.17) is 0 Å². The van der Waals surface area contributed by atoms with Crippen molar-refractivity contribution in [2.24, 2.45) is 0 Å². The predicted molar refractivity (Wildman–Crippen MR) is 83.6 cm³/mol. The Morgan fingerprint density at radius 1 is 1.29 bits per heavy atom. The molecule has 0 saturated heterocycles. The molecule has 0 saturated carbocycles. The lowest BCUT2D eigenvalue weighted by atomic mass is 10.3. The summed E-state index contributed by atoms with van der Waals surface area (Å²) < 4.78 is 27.1. The number of unbranched alkanes of at least 4 members (excludes halogenated alkanes) is 1. The molecule has 3 N–H and O–H groups in total. The third kappa shape index (κ3) is 6.56. The number of nitrogens with zero attached hydrogens (tertiary/aromatic N) is 2. The number of hydrogen-bond acceptors (Lipinski definition) is 5. The van der Waals surface area contributed by atoms with Crippen molar-refractivity contribution in [3.8, 4) is 0 Å². The third-order valence-corrected chi connectivity index (χ3v) is 4.49. The summed E-state index contributed by atoms with van der Waals surface area (Å²) in [6, 6.07) is 0. The SMILES string of the molecule is CCCNCc1cn[nH]c1S(=O)(=O)NCCCCN(C)C. The van der Waals surface area contributed by atoms with Gasteiger partial charge in [-0.25, -0.2) is 13.1 Å². The van der Waals surface area contributed by atoms with Crippen LogP contribution in [0.3, 0.4) is 0 Å². The number of rotatable bonds is 11. The van der Waals surface area contributed by atoms with Crippen LogP contribution in [0.1, 0.15) is 31.7 Å². The molecular formula is C13H27N5O2S. The van der Waals surface area contributed by atoms with Gasteiger partial charge in [0, 0.05) is 18.7 Å². The maximum Gasteiger partial charge on any atom is 0.257 e. The molecule has 1 aromatic heterocycles. The lowest BCUT2D eigenvalue weighted by molar-refractivity contribution is 0.394. The maximum absolute atomic E-state index is 12.2. The van der Waals surface area contributed by atoms with Gasteiger partial charge in [-0.3, -0.25) is 5.10 Å². The summed E-state index contributed by atoms with van der Waals surface area (Å²) in [5.41, 5.74) is 0.671. The molecule has 21 heavy (non-hydrogen) atoms. The minimum Gasteiger partial charge on any atom is -0.313 e. The predicted octanol–water partition coefficient (Wildman–Crippen LogP) is 0.529. The Labute approximate surface area is 127 Å². The van der Waals surface area contributed by atoms with Gasteiger partial charge in [-0.15, -0.1) is 0 Å². The highest BCUT2D eigenvalue weighted by molar-refractivity contribution is 7.89. The Bertz CT molecular complexity index is 498. The first-order valence-electron chi connectivity index (χ1n) is 7.34. The summed E-state index contributed by atoms with van der Waals surface area (Å²) in [5.74, 6) is 0. The second-order valence-electron chi connectivity index (χ2n) is 5.31. The van der Waals surface area contributed by atoms with E-state index in [-0.39, 0.29) is 5.03 Å². The summed E-state index contributed by atoms with van der Waals surface area (Å²) in [6.07, 6.45) is 4.34. The summed E-state index contributed by atoms with van der Waals surface area (Å²) >= 11 is 0. The molecule has 122 valence electrons. The Kier molecular flexibility index (Phi) is 7.87. The summed E-state index contributed by atoms with van der Waals surface area (Å²) in [4.78, 5) is 2.08. The van der Waals surface area contributed by atoms with Crippen LogP contribution in [0.2, 0.25) is 0 Å². The highest BCUT2D eigenvalue weighted by Crippen LogP contribution is 2.11. The van der Waals surface area contributed by atoms with Crippen LogP contribution in [0.5, 0.6) is 0 Å². The topological polar surface area (TPSA) is 90.1 Å². The smallest absolute Gasteiger partial charge is 0.257 e. The van der Waals surface area contributed by atoms with Gasteiger partial charge in [-0.05, 0) is 46.4 Å². The van der Waals surface area contributed by atoms with E-state index in [9.17, 15) is 8.42 Å². The largest absolute Gasteiger partial charge is 0.313 e. The van der Waals surface area contributed by atoms with E-state index in [0.29, 0.717) is 18.7 Å². The Hall–Kier alpha value is -0.960. The molecule has 0 unspecified atom stereocenters. The summed E-state index contributed by atoms with van der Waals surface area (Å²) in [7, 11) is 0.502. The molecule has 0 aromatic carbocycles. The van der Waals surface area contributed by atoms with Gasteiger partial charge in [0.1, 0.15) is 0 Å². The minimum absolute atomic E-state index is 0.165. The molecular weight excluding hydrogens is 290 g/mol. The van der Waals surface area contributed by atoms with Gasteiger partial charge in [0.15, 0.2) is 5.03 Å². The van der Waals surface area contributed by atoms with Crippen LogP contribution < -0.4 is 10.0 Å². The van der Waals surface area contributed by atoms with E-state index in [2.05, 4.69) is 32.1 Å². The Balaban J connectivity index is 2.48. The fourth-order valence-corrected chi connectivity index (χ4v) is 3.09. The van der Waals surface area contributed by atoms with E-state index in [1.807, 2.05) is 14.1 Å². The highest BCUT2D eigenvalue weighted by Gasteiger charge is 2.19. The van der Waals surface area contributed by atoms with Crippen molar-refractivity contribution in [1.82, 2.24) is 25.1 Å². The van der Waals surface area contributed by atoms with Crippen molar-refractivity contribution in [3.63, 3.8) is 0 Å². The van der Waals surface area contributed by atoms with Crippen molar-refractivity contribution in [2.75, 3.05) is 33.7 Å². The van der Waals surface area contributed by atoms with E-state index >= 15 is 0 Å². The van der Waals surface area contributed by atoms with Crippen molar-refractivity contribution in [1.29, 1.82) is 0 Å². The van der Waals surface area contributed by atoms with Crippen LogP contribution in [-0.2, 0) is 16.6 Å². The Morgan fingerprint density at radius 2 is 2.05 bits per heavy atom. The van der Waals surface area contributed by atoms with Gasteiger partial charge in [0.05, 0.1) is 6.20 Å². The standard InChI is InChI=1S/C13H27N5O2S/c1-4-7-14-10-12-11-15-17-13(12)21(19,20)16-8-5-6-9-18(2)3/h11,14,16H,4-10H2,1-3H3,(H,15,17). The quantitative estimate of drug-likeness (QED) is 0.518. The molecule has 0 fully saturated rings. The average molecular weight is 317 g/mol. The number of sulfonamides is 1. The van der Waals surface area contributed by atoms with Crippen LogP contribution >= 0.6 is 0 Å². The summed E-state index contributed by atoms with van der Waals surface area (Å²) in [5, 5.41) is 9.77. The molecule has 1 heterocycles. The molecule has 8 heteroatoms. The van der Waals surface area contributed by atoms with Crippen LogP contribution in [0.25, 0.3) is 0 Å². The zero-order valence-electron chi connectivity index (χ0n) is 13.1. The van der Waals surface area contributed by atoms with Crippen LogP contribution in [0, 0.1) is 0 Å². The van der Waals surface area contributed by atoms with Crippen molar-refractivity contribution >= 4 is 10.0 Å². The molecule has 0 aliphatic carbocycles. The second-order valence-corrected chi connectivity index (χ2v) is 7.01. The molecule has 1 aromatic rings. The normalized spacial score (nSPS) is 12.2. The van der Waals surface area contributed by atoms with E-state index < -0.39 is 10.0 Å². The number of nitrogens with one attached hydrogen (secondary N) is 3. The van der Waals surface area contributed by atoms with Gasteiger partial charge >= 0.3 is 0 Å². The zero-order chi connectivity index (χ0) is 15.7. The lowest BCUT2D eigenvalue weighted by Gasteiger charge is -2.10. The van der Waals surface area contributed by atoms with E-state index in [1.54, 1.807) is 6.20 Å². The minimum atomic E-state index is -3.51. The van der Waals surface area contributed by atoms with Crippen LogP contribution in [0.15, 0.2) is 11.2 Å². The first-order chi connectivity index (χ1) is 9.97. The van der Waals surface area contributed by atoms with Crippen LogP contribution in [-0.4, -0.2) is 57.2 Å². The second kappa shape index (κ2) is 9.14. The molecule has 0 aliphatic rings. The molecule has 0 radical (unpaired) electrons. The number of aromatic amines is 1. The first kappa shape index (κ1) is 18.1. The van der Waals surface area contributed by atoms with Gasteiger partial charge in [0.25, 0.3) is 10.0 Å². The van der Waals surface area contributed by atoms with Crippen molar-refractivity contribution in [2.45, 2.75) is 37.8 Å². The number of hydrogen-bond donors (Lipinski definition) is 3. The first-order valence-corrected chi connectivity index (χ1v) is 8.83. The zero-order valence-corrected chi connectivity index (χ0v) is 14.0.